The summed E-state index contributed by atoms with van der Waals surface area (Å²) in [4.78, 5) is 22.0. The van der Waals surface area contributed by atoms with Crippen molar-refractivity contribution in [3.8, 4) is 0 Å². The van der Waals surface area contributed by atoms with Crippen LogP contribution in [-0.2, 0) is 10.0 Å². The predicted molar refractivity (Wildman–Crippen MR) is 151 cm³/mol. The lowest BCUT2D eigenvalue weighted by atomic mass is 9.93. The topological polar surface area (TPSA) is 132 Å². The molecule has 2 aromatic heterocycles. The Bertz CT molecular complexity index is 1550. The van der Waals surface area contributed by atoms with E-state index in [-0.39, 0.29) is 25.9 Å². The fourth-order valence-electron chi connectivity index (χ4n) is 5.70. The van der Waals surface area contributed by atoms with E-state index in [9.17, 15) is 22.0 Å². The summed E-state index contributed by atoms with van der Waals surface area (Å²) < 4.78 is 55.7. The van der Waals surface area contributed by atoms with Crippen LogP contribution in [0.5, 0.6) is 0 Å². The summed E-state index contributed by atoms with van der Waals surface area (Å²) in [5, 5.41) is 16.3. The maximum absolute atomic E-state index is 13.6. The molecule has 1 spiro atoms. The number of benzene rings is 1. The van der Waals surface area contributed by atoms with Crippen LogP contribution in [0, 0.1) is 5.41 Å². The molecule has 6 rings (SSSR count). The van der Waals surface area contributed by atoms with Gasteiger partial charge in [-0.25, -0.2) is 26.7 Å². The van der Waals surface area contributed by atoms with E-state index in [0.717, 1.165) is 25.9 Å². The number of piperidine rings is 2. The van der Waals surface area contributed by atoms with E-state index in [1.807, 2.05) is 4.90 Å². The number of aliphatic hydroxyl groups is 1. The molecule has 0 unspecified atom stereocenters. The normalized spacial score (nSPS) is 19.9. The fourth-order valence-corrected chi connectivity index (χ4v) is 6.52. The van der Waals surface area contributed by atoms with Crippen molar-refractivity contribution >= 4 is 44.3 Å². The largest absolute Gasteiger partial charge is 0.395 e. The van der Waals surface area contributed by atoms with Crippen LogP contribution in [0.4, 0.5) is 31.5 Å². The predicted octanol–water partition coefficient (Wildman–Crippen LogP) is 3.33. The SMILES string of the molecule is O=C(Nc1cnn2cc(N3CCC(F)(F)CC3)cnc12)c1ccc(NS(=O)(=O)CCO)cc1N1CCC2(CC1)CC2. The minimum absolute atomic E-state index is 0.215. The number of sulfonamides is 1. The third-order valence-electron chi connectivity index (χ3n) is 8.45. The first-order chi connectivity index (χ1) is 19.6. The zero-order valence-electron chi connectivity index (χ0n) is 22.5. The first kappa shape index (κ1) is 27.6. The molecule has 1 aromatic carbocycles. The van der Waals surface area contributed by atoms with Crippen LogP contribution in [0.2, 0.25) is 0 Å². The van der Waals surface area contributed by atoms with Crippen LogP contribution in [0.1, 0.15) is 48.9 Å². The van der Waals surface area contributed by atoms with Crippen molar-refractivity contribution in [2.45, 2.75) is 44.4 Å². The molecule has 41 heavy (non-hydrogen) atoms. The van der Waals surface area contributed by atoms with Gasteiger partial charge >= 0.3 is 0 Å². The number of nitrogens with one attached hydrogen (secondary N) is 2. The van der Waals surface area contributed by atoms with Crippen molar-refractivity contribution in [2.24, 2.45) is 5.41 Å². The molecule has 3 aliphatic rings. The second kappa shape index (κ2) is 10.4. The number of aromatic nitrogens is 3. The number of carbonyl (C=O) groups excluding carboxylic acids is 1. The second-order valence-electron chi connectivity index (χ2n) is 11.3. The van der Waals surface area contributed by atoms with Crippen molar-refractivity contribution in [3.63, 3.8) is 0 Å². The van der Waals surface area contributed by atoms with Gasteiger partial charge in [0, 0.05) is 39.0 Å². The van der Waals surface area contributed by atoms with Crippen molar-refractivity contribution in [1.29, 1.82) is 0 Å². The lowest BCUT2D eigenvalue weighted by Gasteiger charge is -2.35. The van der Waals surface area contributed by atoms with Gasteiger partial charge in [0.1, 0.15) is 5.69 Å². The van der Waals surface area contributed by atoms with E-state index in [2.05, 4.69) is 25.0 Å². The quantitative estimate of drug-likeness (QED) is 0.365. The van der Waals surface area contributed by atoms with Crippen LogP contribution >= 0.6 is 0 Å². The summed E-state index contributed by atoms with van der Waals surface area (Å²) in [5.74, 6) is -3.47. The second-order valence-corrected chi connectivity index (χ2v) is 13.1. The Morgan fingerprint density at radius 3 is 2.39 bits per heavy atom. The van der Waals surface area contributed by atoms with Crippen LogP contribution in [0.15, 0.2) is 36.8 Å². The fraction of sp³-hybridized carbons (Fsp3) is 0.519. The van der Waals surface area contributed by atoms with Gasteiger partial charge in [-0.3, -0.25) is 9.52 Å². The monoisotopic (exact) mass is 589 g/mol. The number of hydrogen-bond acceptors (Lipinski definition) is 8. The summed E-state index contributed by atoms with van der Waals surface area (Å²) in [6, 6.07) is 4.78. The van der Waals surface area contributed by atoms with Crippen LogP contribution in [-0.4, -0.2) is 78.5 Å². The average Bonchev–Trinajstić information content (AvgIpc) is 3.57. The van der Waals surface area contributed by atoms with E-state index in [0.29, 0.717) is 39.4 Å². The van der Waals surface area contributed by atoms with Gasteiger partial charge in [-0.05, 0) is 49.3 Å². The van der Waals surface area contributed by atoms with Crippen molar-refractivity contribution < 1.29 is 27.1 Å². The summed E-state index contributed by atoms with van der Waals surface area (Å²) in [7, 11) is -3.74. The highest BCUT2D eigenvalue weighted by atomic mass is 32.2. The molecular weight excluding hydrogens is 556 g/mol. The lowest BCUT2D eigenvalue weighted by molar-refractivity contribution is -0.0220. The molecule has 2 saturated heterocycles. The van der Waals surface area contributed by atoms with Gasteiger partial charge in [0.15, 0.2) is 5.65 Å². The van der Waals surface area contributed by atoms with Crippen molar-refractivity contribution in [2.75, 3.05) is 58.4 Å². The lowest BCUT2D eigenvalue weighted by Crippen LogP contribution is -2.39. The number of hydrogen-bond donors (Lipinski definition) is 3. The summed E-state index contributed by atoms with van der Waals surface area (Å²) >= 11 is 0. The van der Waals surface area contributed by atoms with Crippen molar-refractivity contribution in [1.82, 2.24) is 14.6 Å². The molecular formula is C27H33F2N7O4S. The molecule has 1 saturated carbocycles. The van der Waals surface area contributed by atoms with E-state index < -0.39 is 34.2 Å². The van der Waals surface area contributed by atoms with Crippen LogP contribution in [0.3, 0.4) is 0 Å². The maximum Gasteiger partial charge on any atom is 0.257 e. The number of amides is 1. The molecule has 3 fully saturated rings. The average molecular weight is 590 g/mol. The van der Waals surface area contributed by atoms with Gasteiger partial charge in [0.2, 0.25) is 10.0 Å². The highest BCUT2D eigenvalue weighted by molar-refractivity contribution is 7.92. The maximum atomic E-state index is 13.6. The molecule has 220 valence electrons. The molecule has 0 bridgehead atoms. The Morgan fingerprint density at radius 2 is 1.71 bits per heavy atom. The zero-order valence-corrected chi connectivity index (χ0v) is 23.3. The number of halogens is 2. The number of carbonyl (C=O) groups is 1. The van der Waals surface area contributed by atoms with E-state index in [4.69, 9.17) is 5.11 Å². The first-order valence-electron chi connectivity index (χ1n) is 13.8. The number of rotatable bonds is 8. The van der Waals surface area contributed by atoms with Crippen molar-refractivity contribution in [3.05, 3.63) is 42.4 Å². The Labute approximate surface area is 236 Å². The van der Waals surface area contributed by atoms with Crippen LogP contribution < -0.4 is 19.8 Å². The molecule has 3 N–H and O–H groups in total. The molecule has 0 atom stereocenters. The van der Waals surface area contributed by atoms with Gasteiger partial charge in [-0.1, -0.05) is 0 Å². The Balaban J connectivity index is 1.23. The third kappa shape index (κ3) is 5.94. The van der Waals surface area contributed by atoms with Gasteiger partial charge in [0.25, 0.3) is 11.8 Å². The molecule has 4 heterocycles. The zero-order chi connectivity index (χ0) is 28.8. The molecule has 1 amide bonds. The summed E-state index contributed by atoms with van der Waals surface area (Å²) in [6.45, 7) is 1.46. The molecule has 0 radical (unpaired) electrons. The number of fused-ring (bicyclic) bond motifs is 1. The minimum Gasteiger partial charge on any atom is -0.395 e. The standard InChI is InChI=1S/C27H33F2N7O4S/c28-27(29)7-11-34(12-8-27)20-16-30-24-22(17-31-36(24)18-20)32-25(38)21-2-1-19(33-41(39,40)14-13-37)15-23(21)35-9-5-26(3-4-26)6-10-35/h1-2,15-18,33,37H,3-14H2,(H,32,38). The number of nitrogens with zero attached hydrogens (tertiary/aromatic N) is 5. The third-order valence-corrected chi connectivity index (χ3v) is 9.72. The molecule has 14 heteroatoms. The molecule has 1 aliphatic carbocycles. The van der Waals surface area contributed by atoms with Gasteiger partial charge in [0.05, 0.1) is 53.6 Å². The van der Waals surface area contributed by atoms with Gasteiger partial charge in [-0.15, -0.1) is 0 Å². The van der Waals surface area contributed by atoms with Crippen LogP contribution in [0.25, 0.3) is 5.65 Å². The number of aliphatic hydroxyl groups excluding tert-OH is 1. The molecule has 11 nitrogen and oxygen atoms in total. The first-order valence-corrected chi connectivity index (χ1v) is 15.5. The van der Waals surface area contributed by atoms with E-state index >= 15 is 0 Å². The van der Waals surface area contributed by atoms with E-state index in [1.54, 1.807) is 24.5 Å². The Morgan fingerprint density at radius 1 is 1.00 bits per heavy atom. The highest BCUT2D eigenvalue weighted by Gasteiger charge is 2.44. The number of anilines is 4. The van der Waals surface area contributed by atoms with E-state index in [1.165, 1.54) is 29.6 Å². The summed E-state index contributed by atoms with van der Waals surface area (Å²) in [5.41, 5.74) is 3.21. The number of alkyl halides is 2. The minimum atomic E-state index is -3.74. The van der Waals surface area contributed by atoms with Gasteiger partial charge < -0.3 is 20.2 Å². The van der Waals surface area contributed by atoms with Gasteiger partial charge in [-0.2, -0.15) is 5.10 Å². The Kier molecular flexibility index (Phi) is 7.00. The summed E-state index contributed by atoms with van der Waals surface area (Å²) in [6.07, 6.45) is 8.85. The molecule has 3 aromatic rings. The Hall–Kier alpha value is -3.52. The molecule has 2 aliphatic heterocycles. The smallest absolute Gasteiger partial charge is 0.257 e. The highest BCUT2D eigenvalue weighted by Crippen LogP contribution is 2.54.